The summed E-state index contributed by atoms with van der Waals surface area (Å²) in [7, 11) is 1.62. The van der Waals surface area contributed by atoms with Gasteiger partial charge in [-0.25, -0.2) is 4.79 Å². The second-order valence-corrected chi connectivity index (χ2v) is 5.52. The number of carbonyl (C=O) groups excluding carboxylic acids is 1. The number of ether oxygens (including phenoxy) is 1. The van der Waals surface area contributed by atoms with Crippen LogP contribution >= 0.6 is 0 Å². The summed E-state index contributed by atoms with van der Waals surface area (Å²) in [5, 5.41) is 15.6. The van der Waals surface area contributed by atoms with Gasteiger partial charge in [0.05, 0.1) is 12.7 Å². The molecule has 1 aliphatic rings. The Morgan fingerprint density at radius 1 is 1.35 bits per heavy atom. The van der Waals surface area contributed by atoms with E-state index in [1.54, 1.807) is 14.0 Å². The van der Waals surface area contributed by atoms with E-state index < -0.39 is 5.60 Å². The first kappa shape index (κ1) is 14.7. The van der Waals surface area contributed by atoms with E-state index in [4.69, 9.17) is 4.74 Å². The van der Waals surface area contributed by atoms with E-state index in [9.17, 15) is 9.90 Å². The molecule has 1 unspecified atom stereocenters. The van der Waals surface area contributed by atoms with Gasteiger partial charge in [-0.2, -0.15) is 0 Å². The van der Waals surface area contributed by atoms with Gasteiger partial charge in [0.2, 0.25) is 0 Å². The molecule has 0 radical (unpaired) electrons. The molecule has 0 saturated heterocycles. The predicted molar refractivity (Wildman–Crippen MR) is 76.6 cm³/mol. The van der Waals surface area contributed by atoms with Gasteiger partial charge in [-0.1, -0.05) is 12.1 Å². The van der Waals surface area contributed by atoms with Crippen molar-refractivity contribution < 1.29 is 14.6 Å². The van der Waals surface area contributed by atoms with Gasteiger partial charge in [-0.3, -0.25) is 0 Å². The second-order valence-electron chi connectivity index (χ2n) is 5.52. The number of carbonyl (C=O) groups is 1. The van der Waals surface area contributed by atoms with E-state index in [1.807, 2.05) is 24.3 Å². The monoisotopic (exact) mass is 278 g/mol. The molecule has 2 amide bonds. The highest BCUT2D eigenvalue weighted by atomic mass is 16.5. The summed E-state index contributed by atoms with van der Waals surface area (Å²) in [5.74, 6) is 1.11. The van der Waals surface area contributed by atoms with E-state index in [0.29, 0.717) is 12.5 Å². The lowest BCUT2D eigenvalue weighted by Crippen LogP contribution is -2.45. The molecule has 1 aromatic rings. The van der Waals surface area contributed by atoms with Crippen LogP contribution in [0, 0.1) is 5.92 Å². The van der Waals surface area contributed by atoms with Crippen LogP contribution in [-0.4, -0.2) is 30.4 Å². The summed E-state index contributed by atoms with van der Waals surface area (Å²) in [5.41, 5.74) is 0.201. The van der Waals surface area contributed by atoms with Gasteiger partial charge in [0.15, 0.2) is 0 Å². The number of benzene rings is 1. The maximum atomic E-state index is 11.7. The standard InChI is InChI=1S/C15H22N2O3/c1-15(19,12-5-6-12)10-17-14(18)16-9-11-3-7-13(20-2)8-4-11/h3-4,7-8,12,19H,5-6,9-10H2,1-2H3,(H2,16,17,18). The summed E-state index contributed by atoms with van der Waals surface area (Å²) >= 11 is 0. The molecule has 5 nitrogen and oxygen atoms in total. The first-order valence-electron chi connectivity index (χ1n) is 6.88. The van der Waals surface area contributed by atoms with Crippen LogP contribution in [0.1, 0.15) is 25.3 Å². The van der Waals surface area contributed by atoms with Crippen molar-refractivity contribution in [3.8, 4) is 5.75 Å². The van der Waals surface area contributed by atoms with Crippen LogP contribution in [0.15, 0.2) is 24.3 Å². The van der Waals surface area contributed by atoms with Crippen molar-refractivity contribution in [2.75, 3.05) is 13.7 Å². The van der Waals surface area contributed by atoms with Crippen molar-refractivity contribution in [3.05, 3.63) is 29.8 Å². The molecule has 110 valence electrons. The lowest BCUT2D eigenvalue weighted by molar-refractivity contribution is 0.0394. The molecule has 0 aromatic heterocycles. The zero-order valence-corrected chi connectivity index (χ0v) is 12.0. The molecule has 1 fully saturated rings. The fraction of sp³-hybridized carbons (Fsp3) is 0.533. The summed E-state index contributed by atoms with van der Waals surface area (Å²) < 4.78 is 5.07. The molecule has 5 heteroatoms. The molecular formula is C15H22N2O3. The highest BCUT2D eigenvalue weighted by Gasteiger charge is 2.39. The molecule has 1 aromatic carbocycles. The average Bonchev–Trinajstić information content (AvgIpc) is 3.28. The van der Waals surface area contributed by atoms with Gasteiger partial charge in [0, 0.05) is 13.1 Å². The van der Waals surface area contributed by atoms with E-state index in [-0.39, 0.29) is 12.6 Å². The van der Waals surface area contributed by atoms with E-state index in [2.05, 4.69) is 10.6 Å². The van der Waals surface area contributed by atoms with Crippen LogP contribution < -0.4 is 15.4 Å². The first-order valence-corrected chi connectivity index (χ1v) is 6.88. The van der Waals surface area contributed by atoms with Crippen molar-refractivity contribution >= 4 is 6.03 Å². The molecule has 0 spiro atoms. The molecule has 0 bridgehead atoms. The van der Waals surface area contributed by atoms with Crippen LogP contribution in [0.25, 0.3) is 0 Å². The Balaban J connectivity index is 1.71. The normalized spacial score (nSPS) is 17.1. The summed E-state index contributed by atoms with van der Waals surface area (Å²) in [6.45, 7) is 2.50. The molecule has 20 heavy (non-hydrogen) atoms. The Morgan fingerprint density at radius 3 is 2.55 bits per heavy atom. The van der Waals surface area contributed by atoms with Crippen molar-refractivity contribution in [2.24, 2.45) is 5.92 Å². The van der Waals surface area contributed by atoms with Crippen molar-refractivity contribution in [1.82, 2.24) is 10.6 Å². The molecule has 1 atom stereocenters. The fourth-order valence-corrected chi connectivity index (χ4v) is 2.10. The number of rotatable bonds is 6. The lowest BCUT2D eigenvalue weighted by atomic mass is 10.0. The maximum Gasteiger partial charge on any atom is 0.315 e. The molecule has 0 heterocycles. The number of nitrogens with one attached hydrogen (secondary N) is 2. The van der Waals surface area contributed by atoms with Crippen molar-refractivity contribution in [3.63, 3.8) is 0 Å². The third-order valence-corrected chi connectivity index (χ3v) is 3.68. The number of urea groups is 1. The van der Waals surface area contributed by atoms with Gasteiger partial charge in [-0.05, 0) is 43.4 Å². The largest absolute Gasteiger partial charge is 0.497 e. The van der Waals surface area contributed by atoms with Crippen LogP contribution in [0.5, 0.6) is 5.75 Å². The summed E-state index contributed by atoms with van der Waals surface area (Å²) in [6, 6.07) is 7.25. The minimum atomic E-state index is -0.794. The van der Waals surface area contributed by atoms with Gasteiger partial charge in [-0.15, -0.1) is 0 Å². The fourth-order valence-electron chi connectivity index (χ4n) is 2.10. The number of hydrogen-bond acceptors (Lipinski definition) is 3. The number of hydrogen-bond donors (Lipinski definition) is 3. The Morgan fingerprint density at radius 2 is 2.00 bits per heavy atom. The Labute approximate surface area is 119 Å². The molecule has 3 N–H and O–H groups in total. The van der Waals surface area contributed by atoms with E-state index >= 15 is 0 Å². The predicted octanol–water partition coefficient (Wildman–Crippen LogP) is 1.66. The highest BCUT2D eigenvalue weighted by molar-refractivity contribution is 5.73. The smallest absolute Gasteiger partial charge is 0.315 e. The van der Waals surface area contributed by atoms with Crippen LogP contribution in [-0.2, 0) is 6.54 Å². The zero-order chi connectivity index (χ0) is 14.6. The topological polar surface area (TPSA) is 70.6 Å². The quantitative estimate of drug-likeness (QED) is 0.741. The third kappa shape index (κ3) is 4.13. The van der Waals surface area contributed by atoms with E-state index in [1.165, 1.54) is 0 Å². The number of methoxy groups -OCH3 is 1. The number of amides is 2. The van der Waals surface area contributed by atoms with E-state index in [0.717, 1.165) is 24.2 Å². The van der Waals surface area contributed by atoms with Gasteiger partial charge >= 0.3 is 6.03 Å². The van der Waals surface area contributed by atoms with Gasteiger partial charge in [0.25, 0.3) is 0 Å². The SMILES string of the molecule is COc1ccc(CNC(=O)NCC(C)(O)C2CC2)cc1. The Hall–Kier alpha value is -1.75. The molecule has 1 aliphatic carbocycles. The van der Waals surface area contributed by atoms with Gasteiger partial charge in [0.1, 0.15) is 5.75 Å². The Bertz CT molecular complexity index is 453. The van der Waals surface area contributed by atoms with Crippen molar-refractivity contribution in [2.45, 2.75) is 31.9 Å². The van der Waals surface area contributed by atoms with Crippen LogP contribution in [0.3, 0.4) is 0 Å². The lowest BCUT2D eigenvalue weighted by Gasteiger charge is -2.23. The summed E-state index contributed by atoms with van der Waals surface area (Å²) in [6.07, 6.45) is 2.09. The maximum absolute atomic E-state index is 11.7. The van der Waals surface area contributed by atoms with Crippen molar-refractivity contribution in [1.29, 1.82) is 0 Å². The first-order chi connectivity index (χ1) is 9.51. The second kappa shape index (κ2) is 6.13. The summed E-state index contributed by atoms with van der Waals surface area (Å²) in [4.78, 5) is 11.7. The molecule has 1 saturated carbocycles. The van der Waals surface area contributed by atoms with Gasteiger partial charge < -0.3 is 20.5 Å². The molecule has 0 aliphatic heterocycles. The average molecular weight is 278 g/mol. The molecular weight excluding hydrogens is 256 g/mol. The molecule has 2 rings (SSSR count). The highest BCUT2D eigenvalue weighted by Crippen LogP contribution is 2.38. The van der Waals surface area contributed by atoms with Crippen LogP contribution in [0.2, 0.25) is 0 Å². The third-order valence-electron chi connectivity index (χ3n) is 3.68. The number of aliphatic hydroxyl groups is 1. The Kier molecular flexibility index (Phi) is 4.49. The minimum Gasteiger partial charge on any atom is -0.497 e. The van der Waals surface area contributed by atoms with Crippen LogP contribution in [0.4, 0.5) is 4.79 Å². The minimum absolute atomic E-state index is 0.262. The zero-order valence-electron chi connectivity index (χ0n) is 12.0.